The molecule has 0 spiro atoms. The van der Waals surface area contributed by atoms with Crippen molar-refractivity contribution < 1.29 is 4.79 Å². The van der Waals surface area contributed by atoms with E-state index in [9.17, 15) is 4.79 Å². The van der Waals surface area contributed by atoms with Gasteiger partial charge in [-0.3, -0.25) is 9.89 Å². The summed E-state index contributed by atoms with van der Waals surface area (Å²) in [6.07, 6.45) is 0.316. The third kappa shape index (κ3) is 2.58. The van der Waals surface area contributed by atoms with E-state index in [1.807, 2.05) is 48.7 Å². The molecule has 1 amide bonds. The van der Waals surface area contributed by atoms with Gasteiger partial charge >= 0.3 is 0 Å². The van der Waals surface area contributed by atoms with Crippen LogP contribution < -0.4 is 5.32 Å². The third-order valence-electron chi connectivity index (χ3n) is 3.23. The molecule has 2 aromatic heterocycles. The van der Waals surface area contributed by atoms with Crippen LogP contribution in [0, 0.1) is 0 Å². The maximum Gasteiger partial charge on any atom is 0.226 e. The Kier molecular flexibility index (Phi) is 3.52. The number of aromatic amines is 1. The quantitative estimate of drug-likeness (QED) is 0.774. The van der Waals surface area contributed by atoms with E-state index in [0.29, 0.717) is 6.42 Å². The van der Waals surface area contributed by atoms with Crippen molar-refractivity contribution in [1.29, 1.82) is 0 Å². The molecule has 2 heterocycles. The van der Waals surface area contributed by atoms with E-state index in [-0.39, 0.29) is 11.9 Å². The molecule has 0 fully saturated rings. The van der Waals surface area contributed by atoms with Gasteiger partial charge in [0, 0.05) is 10.3 Å². The molecular weight excluding hydrogens is 270 g/mol. The van der Waals surface area contributed by atoms with Crippen LogP contribution in [0.25, 0.3) is 10.9 Å². The maximum atomic E-state index is 12.1. The number of nitrogens with zero attached hydrogens (tertiary/aromatic N) is 1. The van der Waals surface area contributed by atoms with Gasteiger partial charge in [-0.25, -0.2) is 0 Å². The molecule has 102 valence electrons. The van der Waals surface area contributed by atoms with Gasteiger partial charge in [0.05, 0.1) is 23.7 Å². The number of aromatic nitrogens is 2. The lowest BCUT2D eigenvalue weighted by Gasteiger charge is -2.11. The van der Waals surface area contributed by atoms with Crippen LogP contribution in [0.1, 0.15) is 23.5 Å². The van der Waals surface area contributed by atoms with Crippen LogP contribution in [0.3, 0.4) is 0 Å². The maximum absolute atomic E-state index is 12.1. The van der Waals surface area contributed by atoms with Gasteiger partial charge in [-0.15, -0.1) is 11.3 Å². The van der Waals surface area contributed by atoms with Crippen molar-refractivity contribution in [3.8, 4) is 0 Å². The third-order valence-corrected chi connectivity index (χ3v) is 4.28. The van der Waals surface area contributed by atoms with E-state index in [1.54, 1.807) is 11.3 Å². The summed E-state index contributed by atoms with van der Waals surface area (Å²) in [5, 5.41) is 13.2. The summed E-state index contributed by atoms with van der Waals surface area (Å²) in [5.41, 5.74) is 1.75. The second-order valence-electron chi connectivity index (χ2n) is 4.70. The van der Waals surface area contributed by atoms with Gasteiger partial charge in [0.25, 0.3) is 0 Å². The Labute approximate surface area is 120 Å². The van der Waals surface area contributed by atoms with Gasteiger partial charge in [-0.2, -0.15) is 5.10 Å². The zero-order chi connectivity index (χ0) is 13.9. The van der Waals surface area contributed by atoms with Crippen molar-refractivity contribution in [3.63, 3.8) is 0 Å². The Morgan fingerprint density at radius 1 is 1.35 bits per heavy atom. The molecule has 0 aliphatic carbocycles. The van der Waals surface area contributed by atoms with Gasteiger partial charge in [-0.05, 0) is 24.4 Å². The Bertz CT molecular complexity index is 718. The van der Waals surface area contributed by atoms with E-state index in [2.05, 4.69) is 15.5 Å². The van der Waals surface area contributed by atoms with Crippen molar-refractivity contribution >= 4 is 28.1 Å². The zero-order valence-electron chi connectivity index (χ0n) is 11.1. The molecule has 0 saturated carbocycles. The topological polar surface area (TPSA) is 57.8 Å². The minimum atomic E-state index is 0.000281. The second kappa shape index (κ2) is 5.46. The molecule has 4 nitrogen and oxygen atoms in total. The molecule has 3 aromatic rings. The predicted molar refractivity (Wildman–Crippen MR) is 80.7 cm³/mol. The van der Waals surface area contributed by atoms with Gasteiger partial charge in [-0.1, -0.05) is 24.3 Å². The van der Waals surface area contributed by atoms with Crippen molar-refractivity contribution in [1.82, 2.24) is 15.5 Å². The molecule has 0 radical (unpaired) electrons. The number of para-hydroxylation sites is 1. The van der Waals surface area contributed by atoms with E-state index in [1.165, 1.54) is 0 Å². The molecule has 2 N–H and O–H groups in total. The first kappa shape index (κ1) is 12.9. The Morgan fingerprint density at radius 3 is 3.00 bits per heavy atom. The fourth-order valence-electron chi connectivity index (χ4n) is 2.21. The minimum absolute atomic E-state index is 0.000281. The Hall–Kier alpha value is -2.14. The Morgan fingerprint density at radius 2 is 2.20 bits per heavy atom. The lowest BCUT2D eigenvalue weighted by molar-refractivity contribution is -0.121. The molecular formula is C15H15N3OS. The van der Waals surface area contributed by atoms with Crippen LogP contribution in [0.2, 0.25) is 0 Å². The first-order valence-electron chi connectivity index (χ1n) is 6.49. The average molecular weight is 285 g/mol. The van der Waals surface area contributed by atoms with Crippen molar-refractivity contribution in [3.05, 3.63) is 52.3 Å². The van der Waals surface area contributed by atoms with E-state index >= 15 is 0 Å². The number of carbonyl (C=O) groups excluding carboxylic acids is 1. The van der Waals surface area contributed by atoms with Crippen LogP contribution in [0.15, 0.2) is 41.8 Å². The summed E-state index contributed by atoms with van der Waals surface area (Å²) in [5.74, 6) is 0.000281. The Balaban J connectivity index is 1.70. The van der Waals surface area contributed by atoms with Crippen molar-refractivity contribution in [2.45, 2.75) is 19.4 Å². The van der Waals surface area contributed by atoms with E-state index in [0.717, 1.165) is 21.5 Å². The highest BCUT2D eigenvalue weighted by molar-refractivity contribution is 7.10. The van der Waals surface area contributed by atoms with E-state index < -0.39 is 0 Å². The van der Waals surface area contributed by atoms with Crippen LogP contribution >= 0.6 is 11.3 Å². The van der Waals surface area contributed by atoms with Gasteiger partial charge in [0.2, 0.25) is 5.91 Å². The summed E-state index contributed by atoms with van der Waals surface area (Å²) in [6.45, 7) is 1.99. The van der Waals surface area contributed by atoms with Crippen molar-refractivity contribution in [2.24, 2.45) is 0 Å². The number of hydrogen-bond donors (Lipinski definition) is 2. The molecule has 0 saturated heterocycles. The number of amides is 1. The molecule has 3 rings (SSSR count). The summed E-state index contributed by atoms with van der Waals surface area (Å²) < 4.78 is 0. The largest absolute Gasteiger partial charge is 0.348 e. The lowest BCUT2D eigenvalue weighted by atomic mass is 10.1. The summed E-state index contributed by atoms with van der Waals surface area (Å²) in [7, 11) is 0. The van der Waals surface area contributed by atoms with E-state index in [4.69, 9.17) is 0 Å². The van der Waals surface area contributed by atoms with Crippen LogP contribution in [0.5, 0.6) is 0 Å². The van der Waals surface area contributed by atoms with Crippen LogP contribution in [-0.4, -0.2) is 16.1 Å². The molecule has 0 aliphatic rings. The number of rotatable bonds is 4. The standard InChI is InChI=1S/C15H15N3OS/c1-10(14-7-4-8-20-14)16-15(19)9-13-11-5-2-3-6-12(11)17-18-13/h2-8,10H,9H2,1H3,(H,16,19)(H,17,18)/t10-/m0/s1. The fraction of sp³-hybridized carbons (Fsp3) is 0.200. The molecule has 1 atom stereocenters. The van der Waals surface area contributed by atoms with Crippen LogP contribution in [0.4, 0.5) is 0 Å². The molecule has 0 bridgehead atoms. The minimum Gasteiger partial charge on any atom is -0.348 e. The number of nitrogens with one attached hydrogen (secondary N) is 2. The highest BCUT2D eigenvalue weighted by Crippen LogP contribution is 2.19. The molecule has 0 aliphatic heterocycles. The molecule has 20 heavy (non-hydrogen) atoms. The number of H-pyrrole nitrogens is 1. The molecule has 5 heteroatoms. The zero-order valence-corrected chi connectivity index (χ0v) is 11.9. The normalized spacial score (nSPS) is 12.4. The molecule has 1 aromatic carbocycles. The first-order valence-corrected chi connectivity index (χ1v) is 7.37. The summed E-state index contributed by atoms with van der Waals surface area (Å²) in [6, 6.07) is 11.9. The number of benzene rings is 1. The lowest BCUT2D eigenvalue weighted by Crippen LogP contribution is -2.27. The van der Waals surface area contributed by atoms with Crippen LogP contribution in [-0.2, 0) is 11.2 Å². The summed E-state index contributed by atoms with van der Waals surface area (Å²) >= 11 is 1.65. The van der Waals surface area contributed by atoms with Gasteiger partial charge < -0.3 is 5.32 Å². The van der Waals surface area contributed by atoms with Crippen molar-refractivity contribution in [2.75, 3.05) is 0 Å². The van der Waals surface area contributed by atoms with Gasteiger partial charge in [0.15, 0.2) is 0 Å². The summed E-state index contributed by atoms with van der Waals surface area (Å²) in [4.78, 5) is 13.3. The number of hydrogen-bond acceptors (Lipinski definition) is 3. The SMILES string of the molecule is C[C@H](NC(=O)Cc1[nH]nc2ccccc12)c1cccs1. The van der Waals surface area contributed by atoms with Gasteiger partial charge in [0.1, 0.15) is 0 Å². The highest BCUT2D eigenvalue weighted by Gasteiger charge is 2.13. The average Bonchev–Trinajstić information content (AvgIpc) is 3.09. The number of carbonyl (C=O) groups is 1. The number of fused-ring (bicyclic) bond motifs is 1. The molecule has 0 unspecified atom stereocenters. The second-order valence-corrected chi connectivity index (χ2v) is 5.68. The smallest absolute Gasteiger partial charge is 0.226 e. The number of thiophene rings is 1. The fourth-order valence-corrected chi connectivity index (χ4v) is 2.95. The monoisotopic (exact) mass is 285 g/mol. The highest BCUT2D eigenvalue weighted by atomic mass is 32.1. The first-order chi connectivity index (χ1) is 9.74. The predicted octanol–water partition coefficient (Wildman–Crippen LogP) is 3.04.